The molecule has 0 aliphatic heterocycles. The number of nitrogens with one attached hydrogen (secondary N) is 1. The first-order valence-electron chi connectivity index (χ1n) is 7.43. The molecule has 0 aliphatic rings. The van der Waals surface area contributed by atoms with E-state index in [0.29, 0.717) is 17.4 Å². The zero-order chi connectivity index (χ0) is 18.8. The van der Waals surface area contributed by atoms with Crippen molar-refractivity contribution in [2.24, 2.45) is 0 Å². The zero-order valence-corrected chi connectivity index (χ0v) is 13.4. The van der Waals surface area contributed by atoms with Gasteiger partial charge in [-0.3, -0.25) is 14.9 Å². The summed E-state index contributed by atoms with van der Waals surface area (Å²) in [7, 11) is 0. The fourth-order valence-corrected chi connectivity index (χ4v) is 2.36. The molecule has 1 N–H and O–H groups in total. The van der Waals surface area contributed by atoms with Crippen molar-refractivity contribution in [2.75, 3.05) is 5.32 Å². The average Bonchev–Trinajstić information content (AvgIpc) is 2.95. The van der Waals surface area contributed by atoms with Crippen molar-refractivity contribution in [3.63, 3.8) is 0 Å². The number of halogens is 2. The van der Waals surface area contributed by atoms with Gasteiger partial charge in [-0.05, 0) is 31.2 Å². The number of carbonyl (C=O) groups is 1. The Morgan fingerprint density at radius 1 is 1.15 bits per heavy atom. The fourth-order valence-electron chi connectivity index (χ4n) is 2.36. The first-order chi connectivity index (χ1) is 12.3. The van der Waals surface area contributed by atoms with Gasteiger partial charge in [-0.25, -0.2) is 13.5 Å². The first kappa shape index (κ1) is 17.2. The Bertz CT molecular complexity index is 1000. The Labute approximate surface area is 146 Å². The molecule has 3 rings (SSSR count). The Hall–Kier alpha value is -3.62. The Kier molecular flexibility index (Phi) is 4.44. The molecule has 26 heavy (non-hydrogen) atoms. The van der Waals surface area contributed by atoms with Crippen LogP contribution in [0.5, 0.6) is 0 Å². The van der Waals surface area contributed by atoms with Crippen molar-refractivity contribution < 1.29 is 18.5 Å². The maximum absolute atomic E-state index is 13.8. The smallest absolute Gasteiger partial charge is 0.269 e. The summed E-state index contributed by atoms with van der Waals surface area (Å²) in [6, 6.07) is 9.75. The lowest BCUT2D eigenvalue weighted by atomic mass is 10.2. The van der Waals surface area contributed by atoms with Gasteiger partial charge >= 0.3 is 0 Å². The van der Waals surface area contributed by atoms with Crippen LogP contribution in [0.25, 0.3) is 5.69 Å². The van der Waals surface area contributed by atoms with Crippen LogP contribution >= 0.6 is 0 Å². The van der Waals surface area contributed by atoms with Crippen LogP contribution in [0.3, 0.4) is 0 Å². The third-order valence-electron chi connectivity index (χ3n) is 3.55. The van der Waals surface area contributed by atoms with E-state index in [0.717, 1.165) is 12.1 Å². The Balaban J connectivity index is 1.92. The molecule has 0 fully saturated rings. The molecule has 0 bridgehead atoms. The number of anilines is 1. The van der Waals surface area contributed by atoms with Crippen LogP contribution in [0.1, 0.15) is 16.1 Å². The third-order valence-corrected chi connectivity index (χ3v) is 3.55. The van der Waals surface area contributed by atoms with Gasteiger partial charge in [0.1, 0.15) is 17.5 Å². The van der Waals surface area contributed by atoms with Gasteiger partial charge in [-0.1, -0.05) is 0 Å². The summed E-state index contributed by atoms with van der Waals surface area (Å²) in [6.07, 6.45) is 0. The van der Waals surface area contributed by atoms with Gasteiger partial charge in [-0.2, -0.15) is 5.10 Å². The molecule has 9 heteroatoms. The van der Waals surface area contributed by atoms with E-state index in [1.165, 1.54) is 28.9 Å². The maximum atomic E-state index is 13.8. The van der Waals surface area contributed by atoms with Crippen molar-refractivity contribution in [1.82, 2.24) is 9.78 Å². The molecular weight excluding hydrogens is 346 g/mol. The molecular formula is C17H12F2N4O3. The highest BCUT2D eigenvalue weighted by molar-refractivity contribution is 6.04. The van der Waals surface area contributed by atoms with Gasteiger partial charge in [0.2, 0.25) is 0 Å². The number of aryl methyl sites for hydroxylation is 1. The van der Waals surface area contributed by atoms with Gasteiger partial charge in [0.05, 0.1) is 21.9 Å². The number of hydrogen-bond acceptors (Lipinski definition) is 4. The standard InChI is InChI=1S/C17H12F2N4O3/c1-10-8-16(20-17(24)14-7-2-11(18)9-15(14)19)22(21-10)12-3-5-13(6-4-12)23(25)26/h2-9H,1H3,(H,20,24). The molecule has 7 nitrogen and oxygen atoms in total. The highest BCUT2D eigenvalue weighted by Gasteiger charge is 2.16. The summed E-state index contributed by atoms with van der Waals surface area (Å²) in [5.74, 6) is -2.30. The van der Waals surface area contributed by atoms with Crippen LogP contribution in [0.15, 0.2) is 48.5 Å². The molecule has 2 aromatic carbocycles. The number of aromatic nitrogens is 2. The molecule has 0 radical (unpaired) electrons. The van der Waals surface area contributed by atoms with E-state index in [4.69, 9.17) is 0 Å². The second-order valence-corrected chi connectivity index (χ2v) is 5.43. The summed E-state index contributed by atoms with van der Waals surface area (Å²) < 4.78 is 28.1. The Morgan fingerprint density at radius 3 is 2.46 bits per heavy atom. The molecule has 0 saturated heterocycles. The van der Waals surface area contributed by atoms with Gasteiger partial charge in [0, 0.05) is 24.3 Å². The molecule has 0 saturated carbocycles. The van der Waals surface area contributed by atoms with E-state index in [9.17, 15) is 23.7 Å². The predicted octanol–water partition coefficient (Wildman–Crippen LogP) is 3.62. The number of hydrogen-bond donors (Lipinski definition) is 1. The van der Waals surface area contributed by atoms with Crippen molar-refractivity contribution in [1.29, 1.82) is 0 Å². The summed E-state index contributed by atoms with van der Waals surface area (Å²) in [4.78, 5) is 22.5. The number of nitrogens with zero attached hydrogens (tertiary/aromatic N) is 3. The average molecular weight is 358 g/mol. The van der Waals surface area contributed by atoms with Crippen LogP contribution in [-0.4, -0.2) is 20.6 Å². The van der Waals surface area contributed by atoms with E-state index in [-0.39, 0.29) is 17.1 Å². The van der Waals surface area contributed by atoms with Crippen molar-refractivity contribution in [3.05, 3.63) is 81.5 Å². The van der Waals surface area contributed by atoms with E-state index in [1.54, 1.807) is 13.0 Å². The van der Waals surface area contributed by atoms with Crippen LogP contribution in [0.2, 0.25) is 0 Å². The Morgan fingerprint density at radius 2 is 1.85 bits per heavy atom. The number of nitro benzene ring substituents is 1. The normalized spacial score (nSPS) is 10.6. The van der Waals surface area contributed by atoms with Gasteiger partial charge in [0.25, 0.3) is 11.6 Å². The summed E-state index contributed by atoms with van der Waals surface area (Å²) in [5, 5.41) is 17.5. The van der Waals surface area contributed by atoms with E-state index in [1.807, 2.05) is 0 Å². The van der Waals surface area contributed by atoms with Crippen molar-refractivity contribution in [2.45, 2.75) is 6.92 Å². The van der Waals surface area contributed by atoms with Crippen LogP contribution in [0, 0.1) is 28.7 Å². The highest BCUT2D eigenvalue weighted by Crippen LogP contribution is 2.21. The number of non-ortho nitro benzene ring substituents is 1. The molecule has 3 aromatic rings. The monoisotopic (exact) mass is 358 g/mol. The lowest BCUT2D eigenvalue weighted by molar-refractivity contribution is -0.384. The van der Waals surface area contributed by atoms with Crippen molar-refractivity contribution in [3.8, 4) is 5.69 Å². The predicted molar refractivity (Wildman–Crippen MR) is 89.3 cm³/mol. The quantitative estimate of drug-likeness (QED) is 0.570. The molecule has 132 valence electrons. The number of amides is 1. The van der Waals surface area contributed by atoms with Crippen LogP contribution in [-0.2, 0) is 0 Å². The molecule has 0 atom stereocenters. The molecule has 0 unspecified atom stereocenters. The molecule has 0 spiro atoms. The molecule has 1 amide bonds. The number of benzene rings is 2. The molecule has 1 aromatic heterocycles. The van der Waals surface area contributed by atoms with Crippen LogP contribution < -0.4 is 5.32 Å². The number of nitro groups is 1. The molecule has 1 heterocycles. The third kappa shape index (κ3) is 3.41. The first-order valence-corrected chi connectivity index (χ1v) is 7.43. The fraction of sp³-hybridized carbons (Fsp3) is 0.0588. The SMILES string of the molecule is Cc1cc(NC(=O)c2ccc(F)cc2F)n(-c2ccc([N+](=O)[O-])cc2)n1. The van der Waals surface area contributed by atoms with E-state index >= 15 is 0 Å². The lowest BCUT2D eigenvalue weighted by Gasteiger charge is -2.09. The van der Waals surface area contributed by atoms with Crippen LogP contribution in [0.4, 0.5) is 20.3 Å². The zero-order valence-electron chi connectivity index (χ0n) is 13.4. The van der Waals surface area contributed by atoms with Gasteiger partial charge in [-0.15, -0.1) is 0 Å². The van der Waals surface area contributed by atoms with E-state index in [2.05, 4.69) is 10.4 Å². The van der Waals surface area contributed by atoms with E-state index < -0.39 is 22.5 Å². The highest BCUT2D eigenvalue weighted by atomic mass is 19.1. The minimum absolute atomic E-state index is 0.0865. The largest absolute Gasteiger partial charge is 0.306 e. The van der Waals surface area contributed by atoms with Gasteiger partial charge < -0.3 is 5.32 Å². The molecule has 0 aliphatic carbocycles. The van der Waals surface area contributed by atoms with Crippen molar-refractivity contribution >= 4 is 17.4 Å². The summed E-state index contributed by atoms with van der Waals surface area (Å²) >= 11 is 0. The number of rotatable bonds is 4. The minimum atomic E-state index is -0.986. The summed E-state index contributed by atoms with van der Waals surface area (Å²) in [5.41, 5.74) is 0.633. The summed E-state index contributed by atoms with van der Waals surface area (Å²) in [6.45, 7) is 1.69. The number of carbonyl (C=O) groups excluding carboxylic acids is 1. The second kappa shape index (κ2) is 6.71. The minimum Gasteiger partial charge on any atom is -0.306 e. The second-order valence-electron chi connectivity index (χ2n) is 5.43. The van der Waals surface area contributed by atoms with Gasteiger partial charge in [0.15, 0.2) is 0 Å². The topological polar surface area (TPSA) is 90.1 Å². The lowest BCUT2D eigenvalue weighted by Crippen LogP contribution is -2.16. The maximum Gasteiger partial charge on any atom is 0.269 e.